The number of nitrogens with zero attached hydrogens (tertiary/aromatic N) is 3. The molecule has 0 aromatic carbocycles. The summed E-state index contributed by atoms with van der Waals surface area (Å²) in [6.07, 6.45) is 3.42. The Kier molecular flexibility index (Phi) is 4.60. The Morgan fingerprint density at radius 2 is 2.56 bits per heavy atom. The maximum atomic E-state index is 11.9. The molecule has 6 heteroatoms. The molecule has 1 aromatic heterocycles. The molecule has 0 saturated carbocycles. The zero-order valence-electron chi connectivity index (χ0n) is 10.4. The van der Waals surface area contributed by atoms with Crippen LogP contribution in [0, 0.1) is 0 Å². The second-order valence-corrected chi connectivity index (χ2v) is 4.08. The minimum absolute atomic E-state index is 0.0965. The van der Waals surface area contributed by atoms with Crippen molar-refractivity contribution in [2.24, 2.45) is 0 Å². The van der Waals surface area contributed by atoms with Gasteiger partial charge in [-0.1, -0.05) is 0 Å². The average Bonchev–Trinajstić information content (AvgIpc) is 2.46. The minimum atomic E-state index is -0.159. The molecule has 0 bridgehead atoms. The van der Waals surface area contributed by atoms with E-state index in [0.29, 0.717) is 32.7 Å². The van der Waals surface area contributed by atoms with Crippen LogP contribution < -0.4 is 0 Å². The largest absolute Gasteiger partial charge is 0.384 e. The molecule has 18 heavy (non-hydrogen) atoms. The molecule has 1 aliphatic heterocycles. The van der Waals surface area contributed by atoms with Gasteiger partial charge in [0.25, 0.3) is 0 Å². The van der Waals surface area contributed by atoms with Crippen molar-refractivity contribution in [2.75, 3.05) is 33.4 Å². The topological polar surface area (TPSA) is 64.5 Å². The molecular weight excluding hydrogens is 234 g/mol. The highest BCUT2D eigenvalue weighted by atomic mass is 16.5. The van der Waals surface area contributed by atoms with Crippen molar-refractivity contribution < 1.29 is 14.3 Å². The number of rotatable bonds is 4. The van der Waals surface area contributed by atoms with Gasteiger partial charge in [-0.2, -0.15) is 0 Å². The van der Waals surface area contributed by atoms with Crippen molar-refractivity contribution in [3.8, 4) is 0 Å². The SMILES string of the molecule is COCCC(=O)N1CCO[C@@H](c2ccncn2)C1. The lowest BCUT2D eigenvalue weighted by Crippen LogP contribution is -2.42. The maximum absolute atomic E-state index is 11.9. The summed E-state index contributed by atoms with van der Waals surface area (Å²) in [4.78, 5) is 21.7. The average molecular weight is 251 g/mol. The Morgan fingerprint density at radius 3 is 3.28 bits per heavy atom. The maximum Gasteiger partial charge on any atom is 0.225 e. The highest BCUT2D eigenvalue weighted by molar-refractivity contribution is 5.76. The Bertz CT molecular complexity index is 385. The van der Waals surface area contributed by atoms with Crippen LogP contribution in [0.4, 0.5) is 0 Å². The molecule has 2 rings (SSSR count). The Labute approximate surface area is 106 Å². The molecule has 6 nitrogen and oxygen atoms in total. The van der Waals surface area contributed by atoms with E-state index < -0.39 is 0 Å². The van der Waals surface area contributed by atoms with E-state index in [4.69, 9.17) is 9.47 Å². The van der Waals surface area contributed by atoms with Crippen LogP contribution in [-0.2, 0) is 14.3 Å². The van der Waals surface area contributed by atoms with Gasteiger partial charge in [0.1, 0.15) is 12.4 Å². The first-order valence-electron chi connectivity index (χ1n) is 5.95. The van der Waals surface area contributed by atoms with Gasteiger partial charge >= 0.3 is 0 Å². The quantitative estimate of drug-likeness (QED) is 0.775. The van der Waals surface area contributed by atoms with Gasteiger partial charge < -0.3 is 14.4 Å². The molecule has 98 valence electrons. The summed E-state index contributed by atoms with van der Waals surface area (Å²) in [5.41, 5.74) is 0.814. The Balaban J connectivity index is 1.94. The first-order valence-corrected chi connectivity index (χ1v) is 5.95. The summed E-state index contributed by atoms with van der Waals surface area (Å²) >= 11 is 0. The number of ether oxygens (including phenoxy) is 2. The van der Waals surface area contributed by atoms with Crippen molar-refractivity contribution in [3.63, 3.8) is 0 Å². The Morgan fingerprint density at radius 1 is 1.67 bits per heavy atom. The molecule has 1 saturated heterocycles. The molecule has 2 heterocycles. The van der Waals surface area contributed by atoms with E-state index in [0.717, 1.165) is 5.69 Å². The summed E-state index contributed by atoms with van der Waals surface area (Å²) in [7, 11) is 1.59. The molecule has 0 N–H and O–H groups in total. The Hall–Kier alpha value is -1.53. The number of hydrogen-bond donors (Lipinski definition) is 0. The predicted octanol–water partition coefficient (Wildman–Crippen LogP) is 0.413. The number of methoxy groups -OCH3 is 1. The molecule has 1 aliphatic rings. The molecule has 1 fully saturated rings. The number of aromatic nitrogens is 2. The normalized spacial score (nSPS) is 19.8. The zero-order valence-corrected chi connectivity index (χ0v) is 10.4. The van der Waals surface area contributed by atoms with Crippen LogP contribution in [-0.4, -0.2) is 54.2 Å². The molecule has 1 aromatic rings. The van der Waals surface area contributed by atoms with Gasteiger partial charge in [-0.3, -0.25) is 4.79 Å². The van der Waals surface area contributed by atoms with Crippen molar-refractivity contribution >= 4 is 5.91 Å². The summed E-state index contributed by atoms with van der Waals surface area (Å²) in [6, 6.07) is 1.81. The lowest BCUT2D eigenvalue weighted by atomic mass is 10.2. The van der Waals surface area contributed by atoms with Gasteiger partial charge in [-0.15, -0.1) is 0 Å². The van der Waals surface area contributed by atoms with Gasteiger partial charge in [0.05, 0.1) is 31.9 Å². The third kappa shape index (κ3) is 3.24. The summed E-state index contributed by atoms with van der Waals surface area (Å²) in [5.74, 6) is 0.0965. The van der Waals surface area contributed by atoms with E-state index in [1.807, 2.05) is 6.07 Å². The van der Waals surface area contributed by atoms with Gasteiger partial charge in [0.15, 0.2) is 0 Å². The third-order valence-corrected chi connectivity index (χ3v) is 2.87. The first kappa shape index (κ1) is 12.9. The standard InChI is InChI=1S/C12H17N3O3/c1-17-6-3-12(16)15-5-7-18-11(8-15)10-2-4-13-9-14-10/h2,4,9,11H,3,5-8H2,1H3/t11-/m1/s1. The van der Waals surface area contributed by atoms with Crippen LogP contribution in [0.25, 0.3) is 0 Å². The summed E-state index contributed by atoms with van der Waals surface area (Å²) < 4.78 is 10.5. The lowest BCUT2D eigenvalue weighted by Gasteiger charge is -2.32. The monoisotopic (exact) mass is 251 g/mol. The number of morpholine rings is 1. The predicted molar refractivity (Wildman–Crippen MR) is 63.8 cm³/mol. The van der Waals surface area contributed by atoms with Crippen LogP contribution in [0.5, 0.6) is 0 Å². The molecule has 0 aliphatic carbocycles. The van der Waals surface area contributed by atoms with Crippen molar-refractivity contribution in [3.05, 3.63) is 24.3 Å². The van der Waals surface area contributed by atoms with Crippen LogP contribution in [0.3, 0.4) is 0 Å². The van der Waals surface area contributed by atoms with E-state index in [1.54, 1.807) is 18.2 Å². The molecule has 1 atom stereocenters. The van der Waals surface area contributed by atoms with E-state index in [9.17, 15) is 4.79 Å². The van der Waals surface area contributed by atoms with Crippen molar-refractivity contribution in [2.45, 2.75) is 12.5 Å². The van der Waals surface area contributed by atoms with Gasteiger partial charge in [0, 0.05) is 19.9 Å². The number of carbonyl (C=O) groups excluding carboxylic acids is 1. The van der Waals surface area contributed by atoms with Crippen molar-refractivity contribution in [1.29, 1.82) is 0 Å². The van der Waals surface area contributed by atoms with Crippen LogP contribution in [0.15, 0.2) is 18.6 Å². The second-order valence-electron chi connectivity index (χ2n) is 4.08. The van der Waals surface area contributed by atoms with E-state index in [2.05, 4.69) is 9.97 Å². The van der Waals surface area contributed by atoms with Gasteiger partial charge in [-0.05, 0) is 6.07 Å². The van der Waals surface area contributed by atoms with Crippen LogP contribution >= 0.6 is 0 Å². The van der Waals surface area contributed by atoms with E-state index >= 15 is 0 Å². The summed E-state index contributed by atoms with van der Waals surface area (Å²) in [6.45, 7) is 2.16. The number of amides is 1. The molecular formula is C12H17N3O3. The molecule has 0 radical (unpaired) electrons. The fourth-order valence-electron chi connectivity index (χ4n) is 1.89. The molecule has 0 unspecified atom stereocenters. The fourth-order valence-corrected chi connectivity index (χ4v) is 1.89. The smallest absolute Gasteiger partial charge is 0.225 e. The summed E-state index contributed by atoms with van der Waals surface area (Å²) in [5, 5.41) is 0. The molecule has 1 amide bonds. The van der Waals surface area contributed by atoms with Crippen molar-refractivity contribution in [1.82, 2.24) is 14.9 Å². The highest BCUT2D eigenvalue weighted by Crippen LogP contribution is 2.20. The fraction of sp³-hybridized carbons (Fsp3) is 0.583. The van der Waals surface area contributed by atoms with Gasteiger partial charge in [0.2, 0.25) is 5.91 Å². The minimum Gasteiger partial charge on any atom is -0.384 e. The van der Waals surface area contributed by atoms with E-state index in [1.165, 1.54) is 6.33 Å². The third-order valence-electron chi connectivity index (χ3n) is 2.87. The van der Waals surface area contributed by atoms with Gasteiger partial charge in [-0.25, -0.2) is 9.97 Å². The number of hydrogen-bond acceptors (Lipinski definition) is 5. The van der Waals surface area contributed by atoms with Crippen LogP contribution in [0.2, 0.25) is 0 Å². The highest BCUT2D eigenvalue weighted by Gasteiger charge is 2.25. The number of carbonyl (C=O) groups is 1. The van der Waals surface area contributed by atoms with Crippen LogP contribution in [0.1, 0.15) is 18.2 Å². The first-order chi connectivity index (χ1) is 8.81. The molecule has 0 spiro atoms. The van der Waals surface area contributed by atoms with E-state index in [-0.39, 0.29) is 12.0 Å². The second kappa shape index (κ2) is 6.42. The lowest BCUT2D eigenvalue weighted by molar-refractivity contribution is -0.140. The zero-order chi connectivity index (χ0) is 12.8.